The molecule has 0 bridgehead atoms. The summed E-state index contributed by atoms with van der Waals surface area (Å²) in [6.45, 7) is 7.81. The summed E-state index contributed by atoms with van der Waals surface area (Å²) in [5.74, 6) is -0.582. The zero-order chi connectivity index (χ0) is 15.6. The highest BCUT2D eigenvalue weighted by Gasteiger charge is 2.30. The largest absolute Gasteiger partial charge is 0.462 e. The van der Waals surface area contributed by atoms with Gasteiger partial charge >= 0.3 is 5.97 Å². The number of aryl methyl sites for hydroxylation is 1. The van der Waals surface area contributed by atoms with Crippen LogP contribution in [0.4, 0.5) is 5.00 Å². The molecule has 2 rings (SSSR count). The van der Waals surface area contributed by atoms with Gasteiger partial charge in [-0.2, -0.15) is 0 Å². The predicted octanol–water partition coefficient (Wildman–Crippen LogP) is 3.05. The molecule has 1 saturated heterocycles. The van der Waals surface area contributed by atoms with Crippen molar-refractivity contribution in [3.63, 3.8) is 0 Å². The molecule has 2 heterocycles. The second-order valence-electron chi connectivity index (χ2n) is 5.21. The van der Waals surface area contributed by atoms with Crippen LogP contribution in [0.1, 0.15) is 47.5 Å². The van der Waals surface area contributed by atoms with E-state index < -0.39 is 12.1 Å². The lowest BCUT2D eigenvalue weighted by molar-refractivity contribution is -0.126. The number of rotatable bonds is 4. The van der Waals surface area contributed by atoms with Gasteiger partial charge in [0.1, 0.15) is 11.1 Å². The van der Waals surface area contributed by atoms with E-state index in [1.807, 2.05) is 20.8 Å². The molecule has 0 radical (unpaired) electrons. The summed E-state index contributed by atoms with van der Waals surface area (Å²) in [5, 5.41) is 3.38. The van der Waals surface area contributed by atoms with E-state index in [1.54, 1.807) is 6.92 Å². The second kappa shape index (κ2) is 6.58. The average Bonchev–Trinajstić information content (AvgIpc) is 2.95. The maximum absolute atomic E-state index is 12.2. The van der Waals surface area contributed by atoms with E-state index in [9.17, 15) is 9.59 Å². The molecule has 1 N–H and O–H groups in total. The maximum atomic E-state index is 12.2. The molecule has 0 aliphatic carbocycles. The highest BCUT2D eigenvalue weighted by molar-refractivity contribution is 7.16. The summed E-state index contributed by atoms with van der Waals surface area (Å²) < 4.78 is 10.6. The fraction of sp³-hybridized carbons (Fsp3) is 0.600. The van der Waals surface area contributed by atoms with Gasteiger partial charge in [0.05, 0.1) is 18.3 Å². The maximum Gasteiger partial charge on any atom is 0.341 e. The Bertz CT molecular complexity index is 552. The van der Waals surface area contributed by atoms with Crippen molar-refractivity contribution in [1.29, 1.82) is 0 Å². The van der Waals surface area contributed by atoms with Crippen LogP contribution in [0.2, 0.25) is 0 Å². The minimum Gasteiger partial charge on any atom is -0.462 e. The molecule has 5 nitrogen and oxygen atoms in total. The quantitative estimate of drug-likeness (QED) is 0.868. The highest BCUT2D eigenvalue weighted by atomic mass is 32.1. The molecular formula is C15H21NO4S. The van der Waals surface area contributed by atoms with Crippen molar-refractivity contribution in [3.8, 4) is 0 Å². The molecular weight excluding hydrogens is 290 g/mol. The Morgan fingerprint density at radius 2 is 2.10 bits per heavy atom. The first-order valence-corrected chi connectivity index (χ1v) is 7.99. The van der Waals surface area contributed by atoms with Crippen LogP contribution in [0.3, 0.4) is 0 Å². The second-order valence-corrected chi connectivity index (χ2v) is 6.43. The van der Waals surface area contributed by atoms with Gasteiger partial charge in [-0.05, 0) is 46.1 Å². The van der Waals surface area contributed by atoms with Gasteiger partial charge in [-0.1, -0.05) is 0 Å². The third-order valence-electron chi connectivity index (χ3n) is 3.63. The Balaban J connectivity index is 2.18. The monoisotopic (exact) mass is 311 g/mol. The van der Waals surface area contributed by atoms with E-state index in [0.717, 1.165) is 16.9 Å². The first kappa shape index (κ1) is 16.0. The first-order chi connectivity index (χ1) is 9.93. The van der Waals surface area contributed by atoms with Gasteiger partial charge in [0, 0.05) is 4.88 Å². The summed E-state index contributed by atoms with van der Waals surface area (Å²) in [4.78, 5) is 25.3. The Morgan fingerprint density at radius 3 is 2.67 bits per heavy atom. The number of carbonyl (C=O) groups excluding carboxylic acids is 2. The number of thiophene rings is 1. The molecule has 0 spiro atoms. The Labute approximate surface area is 128 Å². The number of hydrogen-bond donors (Lipinski definition) is 1. The van der Waals surface area contributed by atoms with E-state index in [1.165, 1.54) is 11.3 Å². The zero-order valence-electron chi connectivity index (χ0n) is 12.8. The Kier molecular flexibility index (Phi) is 5.00. The fourth-order valence-electron chi connectivity index (χ4n) is 2.35. The van der Waals surface area contributed by atoms with Crippen LogP contribution in [0.5, 0.6) is 0 Å². The lowest BCUT2D eigenvalue weighted by Crippen LogP contribution is -2.28. The van der Waals surface area contributed by atoms with Crippen LogP contribution >= 0.6 is 11.3 Å². The molecule has 2 unspecified atom stereocenters. The summed E-state index contributed by atoms with van der Waals surface area (Å²) >= 11 is 1.39. The first-order valence-electron chi connectivity index (χ1n) is 7.17. The fourth-order valence-corrected chi connectivity index (χ4v) is 3.40. The molecule has 6 heteroatoms. The molecule has 0 aromatic carbocycles. The van der Waals surface area contributed by atoms with E-state index in [-0.39, 0.29) is 12.0 Å². The molecule has 2 atom stereocenters. The molecule has 1 aliphatic heterocycles. The number of amides is 1. The van der Waals surface area contributed by atoms with Gasteiger partial charge in [0.2, 0.25) is 0 Å². The zero-order valence-corrected chi connectivity index (χ0v) is 13.6. The molecule has 1 aliphatic rings. The minimum absolute atomic E-state index is 0.108. The smallest absolute Gasteiger partial charge is 0.341 e. The highest BCUT2D eigenvalue weighted by Crippen LogP contribution is 2.33. The van der Waals surface area contributed by atoms with Crippen molar-refractivity contribution in [1.82, 2.24) is 0 Å². The molecule has 21 heavy (non-hydrogen) atoms. The SMILES string of the molecule is CCOC(=O)c1c(NC(=O)C2CCC(C)O2)sc(C)c1C. The van der Waals surface area contributed by atoms with Crippen molar-refractivity contribution >= 4 is 28.2 Å². The van der Waals surface area contributed by atoms with Gasteiger partial charge in [0.15, 0.2) is 0 Å². The number of ether oxygens (including phenoxy) is 2. The standard InChI is InChI=1S/C15H21NO4S/c1-5-19-15(18)12-9(3)10(4)21-14(12)16-13(17)11-7-6-8(2)20-11/h8,11H,5-7H2,1-4H3,(H,16,17). The van der Waals surface area contributed by atoms with Crippen LogP contribution in [0.25, 0.3) is 0 Å². The lowest BCUT2D eigenvalue weighted by atomic mass is 10.1. The Hall–Kier alpha value is -1.40. The van der Waals surface area contributed by atoms with Gasteiger partial charge in [-0.3, -0.25) is 4.79 Å². The van der Waals surface area contributed by atoms with Crippen molar-refractivity contribution in [2.45, 2.75) is 52.7 Å². The number of nitrogens with one attached hydrogen (secondary N) is 1. The summed E-state index contributed by atoms with van der Waals surface area (Å²) in [6.07, 6.45) is 1.27. The predicted molar refractivity (Wildman–Crippen MR) is 81.9 cm³/mol. The van der Waals surface area contributed by atoms with E-state index in [0.29, 0.717) is 23.6 Å². The third kappa shape index (κ3) is 3.44. The normalized spacial score (nSPS) is 21.3. The van der Waals surface area contributed by atoms with Gasteiger partial charge in [-0.25, -0.2) is 4.79 Å². The summed E-state index contributed by atoms with van der Waals surface area (Å²) in [7, 11) is 0. The van der Waals surface area contributed by atoms with Crippen LogP contribution < -0.4 is 5.32 Å². The number of anilines is 1. The molecule has 1 aromatic rings. The molecule has 1 amide bonds. The van der Waals surface area contributed by atoms with Crippen molar-refractivity contribution < 1.29 is 19.1 Å². The molecule has 116 valence electrons. The van der Waals surface area contributed by atoms with Crippen LogP contribution in [-0.2, 0) is 14.3 Å². The number of hydrogen-bond acceptors (Lipinski definition) is 5. The Morgan fingerprint density at radius 1 is 1.38 bits per heavy atom. The topological polar surface area (TPSA) is 64.6 Å². The molecule has 1 aromatic heterocycles. The van der Waals surface area contributed by atoms with Gasteiger partial charge in [0.25, 0.3) is 5.91 Å². The summed E-state index contributed by atoms with van der Waals surface area (Å²) in [5.41, 5.74) is 1.31. The minimum atomic E-state index is -0.433. The molecule has 1 fully saturated rings. The average molecular weight is 311 g/mol. The number of esters is 1. The van der Waals surface area contributed by atoms with Crippen LogP contribution in [0.15, 0.2) is 0 Å². The van der Waals surface area contributed by atoms with Gasteiger partial charge in [-0.15, -0.1) is 11.3 Å². The molecule has 0 saturated carbocycles. The van der Waals surface area contributed by atoms with Crippen LogP contribution in [0, 0.1) is 13.8 Å². The van der Waals surface area contributed by atoms with Crippen molar-refractivity contribution in [2.24, 2.45) is 0 Å². The van der Waals surface area contributed by atoms with E-state index >= 15 is 0 Å². The third-order valence-corrected chi connectivity index (χ3v) is 4.75. The van der Waals surface area contributed by atoms with Crippen molar-refractivity contribution in [2.75, 3.05) is 11.9 Å². The van der Waals surface area contributed by atoms with E-state index in [2.05, 4.69) is 5.32 Å². The van der Waals surface area contributed by atoms with Gasteiger partial charge < -0.3 is 14.8 Å². The van der Waals surface area contributed by atoms with Crippen LogP contribution in [-0.4, -0.2) is 30.7 Å². The lowest BCUT2D eigenvalue weighted by Gasteiger charge is -2.12. The van der Waals surface area contributed by atoms with Crippen molar-refractivity contribution in [3.05, 3.63) is 16.0 Å². The number of carbonyl (C=O) groups is 2. The summed E-state index contributed by atoms with van der Waals surface area (Å²) in [6, 6.07) is 0. The van der Waals surface area contributed by atoms with E-state index in [4.69, 9.17) is 9.47 Å².